The number of aromatic hydroxyl groups is 1. The lowest BCUT2D eigenvalue weighted by molar-refractivity contribution is 0.0965. The van der Waals surface area contributed by atoms with Gasteiger partial charge in [-0.3, -0.25) is 9.69 Å². The number of hydrogen-bond donors (Lipinski definition) is 2. The van der Waals surface area contributed by atoms with E-state index in [9.17, 15) is 14.3 Å². The summed E-state index contributed by atoms with van der Waals surface area (Å²) < 4.78 is 26.6. The van der Waals surface area contributed by atoms with Gasteiger partial charge in [0.15, 0.2) is 0 Å². The molecule has 1 amide bonds. The van der Waals surface area contributed by atoms with Gasteiger partial charge in [0, 0.05) is 87.1 Å². The molecule has 4 aliphatic heterocycles. The van der Waals surface area contributed by atoms with Crippen molar-refractivity contribution in [3.63, 3.8) is 0 Å². The number of rotatable bonds is 7. The summed E-state index contributed by atoms with van der Waals surface area (Å²) in [5, 5.41) is 12.9. The molecule has 4 aromatic carbocycles. The first-order valence-corrected chi connectivity index (χ1v) is 17.5. The van der Waals surface area contributed by atoms with E-state index < -0.39 is 0 Å². The Kier molecular flexibility index (Phi) is 8.53. The smallest absolute Gasteiger partial charge is 0.252 e. The number of methoxy groups -OCH3 is 1. The van der Waals surface area contributed by atoms with Gasteiger partial charge in [-0.1, -0.05) is 30.3 Å². The first-order valence-electron chi connectivity index (χ1n) is 17.5. The summed E-state index contributed by atoms with van der Waals surface area (Å²) in [5.41, 5.74) is 6.69. The third kappa shape index (κ3) is 6.28. The molecular formula is C40H43FN4O4. The van der Waals surface area contributed by atoms with Gasteiger partial charge in [0.25, 0.3) is 5.91 Å². The van der Waals surface area contributed by atoms with Crippen LogP contribution >= 0.6 is 0 Å². The third-order valence-corrected chi connectivity index (χ3v) is 11.0. The molecule has 4 aromatic rings. The van der Waals surface area contributed by atoms with E-state index >= 15 is 0 Å². The molecule has 2 fully saturated rings. The van der Waals surface area contributed by atoms with Crippen molar-refractivity contribution in [1.29, 1.82) is 0 Å². The number of nitrogens with zero attached hydrogens (tertiary/aromatic N) is 3. The maximum absolute atomic E-state index is 14.9. The number of phenols is 1. The van der Waals surface area contributed by atoms with Crippen LogP contribution < -0.4 is 24.6 Å². The molecule has 8 nitrogen and oxygen atoms in total. The Hall–Kier alpha value is -4.76. The van der Waals surface area contributed by atoms with Gasteiger partial charge < -0.3 is 29.7 Å². The van der Waals surface area contributed by atoms with E-state index in [4.69, 9.17) is 9.47 Å². The number of carbonyl (C=O) groups is 1. The second kappa shape index (κ2) is 13.3. The van der Waals surface area contributed by atoms with Crippen molar-refractivity contribution in [3.8, 4) is 17.2 Å². The van der Waals surface area contributed by atoms with Crippen LogP contribution in [0.2, 0.25) is 0 Å². The predicted molar refractivity (Wildman–Crippen MR) is 189 cm³/mol. The number of fused-ring (bicyclic) bond motifs is 2. The van der Waals surface area contributed by atoms with Crippen LogP contribution in [-0.2, 0) is 6.54 Å². The zero-order valence-electron chi connectivity index (χ0n) is 27.9. The molecule has 8 rings (SSSR count). The molecule has 2 N–H and O–H groups in total. The summed E-state index contributed by atoms with van der Waals surface area (Å²) in [6.45, 7) is 7.55. The highest BCUT2D eigenvalue weighted by atomic mass is 19.1. The normalized spacial score (nSPS) is 21.1. The van der Waals surface area contributed by atoms with Crippen LogP contribution in [-0.4, -0.2) is 75.4 Å². The van der Waals surface area contributed by atoms with Gasteiger partial charge in [0.2, 0.25) is 0 Å². The lowest BCUT2D eigenvalue weighted by Crippen LogP contribution is -2.49. The van der Waals surface area contributed by atoms with Crippen LogP contribution in [0.5, 0.6) is 17.2 Å². The quantitative estimate of drug-likeness (QED) is 0.247. The minimum Gasteiger partial charge on any atom is -0.508 e. The molecule has 0 saturated carbocycles. The Morgan fingerprint density at radius 2 is 1.69 bits per heavy atom. The first-order chi connectivity index (χ1) is 23.9. The topological polar surface area (TPSA) is 77.5 Å². The van der Waals surface area contributed by atoms with Crippen LogP contribution in [0, 0.1) is 11.7 Å². The number of nitrogens with one attached hydrogen (secondary N) is 1. The number of ether oxygens (including phenoxy) is 2. The maximum atomic E-state index is 14.9. The molecule has 2 unspecified atom stereocenters. The minimum absolute atomic E-state index is 0.0807. The number of amides is 1. The highest BCUT2D eigenvalue weighted by Crippen LogP contribution is 2.47. The number of piperazine rings is 1. The van der Waals surface area contributed by atoms with Crippen molar-refractivity contribution in [2.75, 3.05) is 69.3 Å². The fourth-order valence-corrected chi connectivity index (χ4v) is 8.25. The van der Waals surface area contributed by atoms with Crippen molar-refractivity contribution in [3.05, 3.63) is 112 Å². The average Bonchev–Trinajstić information content (AvgIpc) is 3.50. The number of carbonyl (C=O) groups excluding carboxylic acids is 1. The van der Waals surface area contributed by atoms with E-state index in [1.54, 1.807) is 19.2 Å². The Morgan fingerprint density at radius 3 is 2.47 bits per heavy atom. The molecule has 0 spiro atoms. The Morgan fingerprint density at radius 1 is 0.898 bits per heavy atom. The van der Waals surface area contributed by atoms with Gasteiger partial charge in [-0.2, -0.15) is 0 Å². The number of hydrogen-bond acceptors (Lipinski definition) is 7. The highest BCUT2D eigenvalue weighted by Gasteiger charge is 2.34. The number of anilines is 2. The number of phenolic OH excluding ortho intramolecular Hbond substituents is 1. The van der Waals surface area contributed by atoms with Crippen LogP contribution in [0.4, 0.5) is 15.8 Å². The second-order valence-electron chi connectivity index (χ2n) is 13.8. The predicted octanol–water partition coefficient (Wildman–Crippen LogP) is 6.13. The van der Waals surface area contributed by atoms with Crippen molar-refractivity contribution in [1.82, 2.24) is 10.2 Å². The van der Waals surface area contributed by atoms with Gasteiger partial charge in [-0.15, -0.1) is 0 Å². The molecule has 4 aliphatic rings. The fourth-order valence-electron chi connectivity index (χ4n) is 8.25. The van der Waals surface area contributed by atoms with Gasteiger partial charge in [0.1, 0.15) is 23.1 Å². The summed E-state index contributed by atoms with van der Waals surface area (Å²) in [4.78, 5) is 19.1. The SMILES string of the molecule is COc1cccc(C2COc3cc(O)ccc3C2c2ccc(N3CCC(CN4CCN(c5cc6c(cc5F)C(=O)NC6)CC4)CC3)cc2)c1. The van der Waals surface area contributed by atoms with E-state index in [2.05, 4.69) is 56.4 Å². The zero-order valence-corrected chi connectivity index (χ0v) is 27.9. The molecule has 9 heteroatoms. The third-order valence-electron chi connectivity index (χ3n) is 11.0. The van der Waals surface area contributed by atoms with Gasteiger partial charge in [0.05, 0.1) is 19.4 Å². The molecule has 254 valence electrons. The number of halogens is 1. The van der Waals surface area contributed by atoms with Crippen LogP contribution in [0.15, 0.2) is 78.9 Å². The summed E-state index contributed by atoms with van der Waals surface area (Å²) in [6.07, 6.45) is 2.30. The molecule has 2 saturated heterocycles. The Labute approximate surface area is 287 Å². The van der Waals surface area contributed by atoms with E-state index in [1.165, 1.54) is 22.9 Å². The number of piperidine rings is 1. The van der Waals surface area contributed by atoms with Crippen molar-refractivity contribution in [2.24, 2.45) is 5.92 Å². The second-order valence-corrected chi connectivity index (χ2v) is 13.8. The van der Waals surface area contributed by atoms with E-state index in [1.807, 2.05) is 24.3 Å². The van der Waals surface area contributed by atoms with Crippen molar-refractivity contribution >= 4 is 17.3 Å². The Balaban J connectivity index is 0.891. The molecule has 0 aliphatic carbocycles. The van der Waals surface area contributed by atoms with E-state index in [0.29, 0.717) is 30.3 Å². The summed E-state index contributed by atoms with van der Waals surface area (Å²) in [6, 6.07) is 26.0. The van der Waals surface area contributed by atoms with Crippen LogP contribution in [0.1, 0.15) is 57.3 Å². The molecule has 49 heavy (non-hydrogen) atoms. The molecule has 2 atom stereocenters. The summed E-state index contributed by atoms with van der Waals surface area (Å²) in [7, 11) is 1.69. The molecule has 0 radical (unpaired) electrons. The van der Waals surface area contributed by atoms with Gasteiger partial charge in [-0.05, 0) is 77.9 Å². The average molecular weight is 663 g/mol. The first kappa shape index (κ1) is 31.5. The summed E-state index contributed by atoms with van der Waals surface area (Å²) in [5.74, 6) is 2.12. The van der Waals surface area contributed by atoms with Crippen LogP contribution in [0.25, 0.3) is 0 Å². The lowest BCUT2D eigenvalue weighted by Gasteiger charge is -2.40. The molecule has 0 aromatic heterocycles. The van der Waals surface area contributed by atoms with Crippen molar-refractivity contribution in [2.45, 2.75) is 31.2 Å². The standard InChI is InChI=1S/C40H43FN4O4/c1-48-32-4-2-3-28(19-32)35-25-49-38-21-31(46)9-10-33(38)39(35)27-5-7-30(8-6-27)44-13-11-26(12-14-44)24-43-15-17-45(18-16-43)37-20-29-23-42-40(47)34(29)22-36(37)41/h2-10,19-22,26,35,39,46H,11-18,23-25H2,1H3,(H,42,47). The van der Waals surface area contributed by atoms with Gasteiger partial charge in [-0.25, -0.2) is 4.39 Å². The lowest BCUT2D eigenvalue weighted by atomic mass is 9.76. The van der Waals surface area contributed by atoms with Crippen LogP contribution in [0.3, 0.4) is 0 Å². The minimum atomic E-state index is -0.306. The molecular weight excluding hydrogens is 619 g/mol. The number of benzene rings is 4. The zero-order chi connectivity index (χ0) is 33.5. The highest BCUT2D eigenvalue weighted by molar-refractivity contribution is 5.98. The monoisotopic (exact) mass is 662 g/mol. The molecule has 0 bridgehead atoms. The van der Waals surface area contributed by atoms with Gasteiger partial charge >= 0.3 is 0 Å². The summed E-state index contributed by atoms with van der Waals surface area (Å²) >= 11 is 0. The fraction of sp³-hybridized carbons (Fsp3) is 0.375. The Bertz CT molecular complexity index is 1830. The molecule has 4 heterocycles. The van der Waals surface area contributed by atoms with E-state index in [0.717, 1.165) is 81.3 Å². The maximum Gasteiger partial charge on any atom is 0.252 e. The van der Waals surface area contributed by atoms with E-state index in [-0.39, 0.29) is 29.3 Å². The largest absolute Gasteiger partial charge is 0.508 e. The van der Waals surface area contributed by atoms with Crippen molar-refractivity contribution < 1.29 is 23.8 Å².